The summed E-state index contributed by atoms with van der Waals surface area (Å²) in [5, 5.41) is 4.51. The van der Waals surface area contributed by atoms with Gasteiger partial charge in [0.25, 0.3) is 0 Å². The Kier molecular flexibility index (Phi) is 10.4. The van der Waals surface area contributed by atoms with Crippen molar-refractivity contribution in [1.29, 1.82) is 0 Å². The molecular weight excluding hydrogens is 899 g/mol. The first kappa shape index (κ1) is 42.9. The monoisotopic (exact) mass is 943 g/mol. The van der Waals surface area contributed by atoms with E-state index >= 15 is 0 Å². The molecule has 0 saturated heterocycles. The van der Waals surface area contributed by atoms with Crippen LogP contribution in [0.1, 0.15) is 0 Å². The molecule has 0 aliphatic rings. The van der Waals surface area contributed by atoms with Gasteiger partial charge in [-0.1, -0.05) is 243 Å². The first-order valence-electron chi connectivity index (χ1n) is 25.1. The second kappa shape index (κ2) is 18.0. The van der Waals surface area contributed by atoms with Crippen molar-refractivity contribution in [1.82, 2.24) is 24.1 Å². The maximum atomic E-state index is 5.52. The number of hydrogen-bond acceptors (Lipinski definition) is 3. The Morgan fingerprint density at radius 1 is 0.230 bits per heavy atom. The Hall–Kier alpha value is -9.97. The van der Waals surface area contributed by atoms with Gasteiger partial charge in [0, 0.05) is 38.4 Å². The molecule has 3 heterocycles. The lowest BCUT2D eigenvalue weighted by Gasteiger charge is -2.16. The van der Waals surface area contributed by atoms with Gasteiger partial charge in [0.1, 0.15) is 0 Å². The molecule has 0 aliphatic carbocycles. The molecule has 11 aromatic carbocycles. The van der Waals surface area contributed by atoms with Crippen molar-refractivity contribution in [3.05, 3.63) is 273 Å². The fraction of sp³-hybridized carbons (Fsp3) is 0. The Balaban J connectivity index is 1.05. The van der Waals surface area contributed by atoms with Crippen LogP contribution < -0.4 is 0 Å². The van der Waals surface area contributed by atoms with Gasteiger partial charge >= 0.3 is 0 Å². The van der Waals surface area contributed by atoms with Crippen molar-refractivity contribution in [2.75, 3.05) is 0 Å². The lowest BCUT2D eigenvalue weighted by Crippen LogP contribution is -2.07. The molecule has 0 spiro atoms. The van der Waals surface area contributed by atoms with Crippen LogP contribution in [-0.2, 0) is 0 Å². The van der Waals surface area contributed by atoms with E-state index in [0.29, 0.717) is 17.6 Å². The number of para-hydroxylation sites is 2. The van der Waals surface area contributed by atoms with E-state index in [-0.39, 0.29) is 0 Å². The van der Waals surface area contributed by atoms with Gasteiger partial charge < -0.3 is 4.57 Å². The normalized spacial score (nSPS) is 11.5. The summed E-state index contributed by atoms with van der Waals surface area (Å²) in [7, 11) is 0. The van der Waals surface area contributed by atoms with Gasteiger partial charge in [0.15, 0.2) is 11.6 Å². The van der Waals surface area contributed by atoms with Crippen LogP contribution in [0.2, 0.25) is 0 Å². The molecule has 5 heteroatoms. The van der Waals surface area contributed by atoms with Gasteiger partial charge in [-0.3, -0.25) is 4.57 Å². The van der Waals surface area contributed by atoms with E-state index in [2.05, 4.69) is 258 Å². The van der Waals surface area contributed by atoms with Crippen LogP contribution in [-0.4, -0.2) is 24.1 Å². The van der Waals surface area contributed by atoms with E-state index < -0.39 is 0 Å². The molecule has 74 heavy (non-hydrogen) atoms. The van der Waals surface area contributed by atoms with E-state index in [4.69, 9.17) is 15.0 Å². The molecule has 0 saturated carbocycles. The standard InChI is InChI=1S/C69H45N5/c1-5-19-46(20-6-1)48-33-37-50(38-34-48)54-43-55(51-39-35-49(36-40-51)47-21-7-2-8-22-47)45-56(44-54)73-63-31-17-15-28-58(63)60-41-42-61-59-29-16-18-32-64(59)74(66(61)65(60)73)69-71-67(53-25-11-4-12-26-53)70-68(72-69)62-30-14-13-27-57(62)52-23-9-3-10-24-52/h1-45H. The van der Waals surface area contributed by atoms with Crippen molar-refractivity contribution in [2.24, 2.45) is 0 Å². The summed E-state index contributed by atoms with van der Waals surface area (Å²) < 4.78 is 4.75. The third kappa shape index (κ3) is 7.46. The fourth-order valence-corrected chi connectivity index (χ4v) is 10.9. The van der Waals surface area contributed by atoms with E-state index in [1.165, 1.54) is 22.3 Å². The average Bonchev–Trinajstić information content (AvgIpc) is 4.01. The highest BCUT2D eigenvalue weighted by Crippen LogP contribution is 2.43. The summed E-state index contributed by atoms with van der Waals surface area (Å²) in [5.41, 5.74) is 18.5. The third-order valence-electron chi connectivity index (χ3n) is 14.4. The van der Waals surface area contributed by atoms with Gasteiger partial charge in [-0.15, -0.1) is 0 Å². The molecule has 0 atom stereocenters. The van der Waals surface area contributed by atoms with Gasteiger partial charge in [-0.2, -0.15) is 9.97 Å². The van der Waals surface area contributed by atoms with Crippen molar-refractivity contribution in [2.45, 2.75) is 0 Å². The molecule has 346 valence electrons. The minimum atomic E-state index is 0.540. The summed E-state index contributed by atoms with van der Waals surface area (Å²) >= 11 is 0. The van der Waals surface area contributed by atoms with Crippen LogP contribution in [0.5, 0.6) is 0 Å². The smallest absolute Gasteiger partial charge is 0.238 e. The van der Waals surface area contributed by atoms with Crippen molar-refractivity contribution < 1.29 is 0 Å². The molecule has 0 unspecified atom stereocenters. The third-order valence-corrected chi connectivity index (χ3v) is 14.4. The van der Waals surface area contributed by atoms with Crippen LogP contribution in [0.4, 0.5) is 0 Å². The molecule has 0 fully saturated rings. The van der Waals surface area contributed by atoms with Crippen LogP contribution in [0.3, 0.4) is 0 Å². The second-order valence-corrected chi connectivity index (χ2v) is 18.8. The number of rotatable bonds is 9. The highest BCUT2D eigenvalue weighted by Gasteiger charge is 2.25. The highest BCUT2D eigenvalue weighted by molar-refractivity contribution is 6.23. The Morgan fingerprint density at radius 2 is 0.608 bits per heavy atom. The number of nitrogens with zero attached hydrogens (tertiary/aromatic N) is 5. The topological polar surface area (TPSA) is 48.5 Å². The van der Waals surface area contributed by atoms with Gasteiger partial charge in [-0.05, 0) is 86.0 Å². The zero-order valence-electron chi connectivity index (χ0n) is 40.2. The minimum Gasteiger partial charge on any atom is -0.307 e. The SMILES string of the molecule is c1ccc(-c2ccc(-c3cc(-c4ccc(-c5ccccc5)cc4)cc(-n4c5ccccc5c5ccc6c7ccccc7n(-c7nc(-c8ccccc8)nc(-c8ccccc8-c8ccccc8)n7)c6c54)c3)cc2)cc1. The van der Waals surface area contributed by atoms with Gasteiger partial charge in [0.05, 0.1) is 22.1 Å². The molecule has 5 nitrogen and oxygen atoms in total. The zero-order valence-corrected chi connectivity index (χ0v) is 40.2. The number of benzene rings is 11. The number of fused-ring (bicyclic) bond motifs is 7. The molecule has 14 aromatic rings. The molecule has 0 bridgehead atoms. The van der Waals surface area contributed by atoms with E-state index in [1.807, 2.05) is 24.3 Å². The zero-order chi connectivity index (χ0) is 49.0. The lowest BCUT2D eigenvalue weighted by molar-refractivity contribution is 0.953. The molecule has 14 rings (SSSR count). The predicted octanol–water partition coefficient (Wildman–Crippen LogP) is 17.7. The summed E-state index contributed by atoms with van der Waals surface area (Å²) in [5.74, 6) is 1.74. The first-order valence-corrected chi connectivity index (χ1v) is 25.1. The summed E-state index contributed by atoms with van der Waals surface area (Å²) in [6.07, 6.45) is 0. The minimum absolute atomic E-state index is 0.540. The average molecular weight is 944 g/mol. The summed E-state index contributed by atoms with van der Waals surface area (Å²) in [4.78, 5) is 16.2. The van der Waals surface area contributed by atoms with E-state index in [0.717, 1.165) is 93.8 Å². The largest absolute Gasteiger partial charge is 0.307 e. The van der Waals surface area contributed by atoms with Crippen LogP contribution in [0.25, 0.3) is 134 Å². The maximum Gasteiger partial charge on any atom is 0.238 e. The Labute approximate surface area is 428 Å². The molecule has 0 N–H and O–H groups in total. The Morgan fingerprint density at radius 3 is 1.14 bits per heavy atom. The molecule has 0 aliphatic heterocycles. The Bertz CT molecular complexity index is 4270. The summed E-state index contributed by atoms with van der Waals surface area (Å²) in [6.45, 7) is 0. The van der Waals surface area contributed by atoms with Gasteiger partial charge in [-0.25, -0.2) is 4.98 Å². The number of hydrogen-bond donors (Lipinski definition) is 0. The van der Waals surface area contributed by atoms with Crippen molar-refractivity contribution >= 4 is 43.6 Å². The van der Waals surface area contributed by atoms with Crippen LogP contribution in [0, 0.1) is 0 Å². The second-order valence-electron chi connectivity index (χ2n) is 18.8. The van der Waals surface area contributed by atoms with Crippen molar-refractivity contribution in [3.8, 4) is 90.0 Å². The van der Waals surface area contributed by atoms with E-state index in [9.17, 15) is 0 Å². The lowest BCUT2D eigenvalue weighted by atomic mass is 9.95. The quantitative estimate of drug-likeness (QED) is 0.145. The maximum absolute atomic E-state index is 5.52. The summed E-state index contributed by atoms with van der Waals surface area (Å²) in [6, 6.07) is 97.3. The van der Waals surface area contributed by atoms with Crippen LogP contribution >= 0.6 is 0 Å². The van der Waals surface area contributed by atoms with Crippen molar-refractivity contribution in [3.63, 3.8) is 0 Å². The molecular formula is C69H45N5. The number of aromatic nitrogens is 5. The van der Waals surface area contributed by atoms with Crippen LogP contribution in [0.15, 0.2) is 273 Å². The highest BCUT2D eigenvalue weighted by atomic mass is 15.2. The first-order chi connectivity index (χ1) is 36.7. The fourth-order valence-electron chi connectivity index (χ4n) is 10.9. The molecule has 0 amide bonds. The molecule has 0 radical (unpaired) electrons. The predicted molar refractivity (Wildman–Crippen MR) is 307 cm³/mol. The van der Waals surface area contributed by atoms with Gasteiger partial charge in [0.2, 0.25) is 5.95 Å². The molecule has 3 aromatic heterocycles. The van der Waals surface area contributed by atoms with E-state index in [1.54, 1.807) is 0 Å².